The average molecular weight is 347 g/mol. The first-order chi connectivity index (χ1) is 12.8. The summed E-state index contributed by atoms with van der Waals surface area (Å²) < 4.78 is 3.17. The highest BCUT2D eigenvalue weighted by Gasteiger charge is 2.16. The quantitative estimate of drug-likeness (QED) is 0.731. The van der Waals surface area contributed by atoms with E-state index in [1.165, 1.54) is 19.3 Å². The number of nitrogens with zero attached hydrogens (tertiary/aromatic N) is 5. The van der Waals surface area contributed by atoms with Crippen molar-refractivity contribution in [1.82, 2.24) is 19.6 Å². The van der Waals surface area contributed by atoms with E-state index in [9.17, 15) is 4.79 Å². The van der Waals surface area contributed by atoms with Gasteiger partial charge in [0.25, 0.3) is 5.91 Å². The van der Waals surface area contributed by atoms with Crippen molar-refractivity contribution in [3.8, 4) is 5.69 Å². The fraction of sp³-hybridized carbons (Fsp3) is 0.300. The molecule has 0 unspecified atom stereocenters. The van der Waals surface area contributed by atoms with Gasteiger partial charge in [0.15, 0.2) is 5.69 Å². The molecule has 2 heterocycles. The highest BCUT2D eigenvalue weighted by Crippen LogP contribution is 2.19. The number of rotatable bonds is 3. The molecule has 1 aromatic carbocycles. The highest BCUT2D eigenvalue weighted by molar-refractivity contribution is 5.93. The highest BCUT2D eigenvalue weighted by atomic mass is 16.2. The van der Waals surface area contributed by atoms with E-state index in [4.69, 9.17) is 4.99 Å². The molecule has 0 spiro atoms. The lowest BCUT2D eigenvalue weighted by molar-refractivity contribution is 0.0949. The Labute approximate surface area is 151 Å². The Bertz CT molecular complexity index is 951. The van der Waals surface area contributed by atoms with Crippen molar-refractivity contribution < 1.29 is 4.79 Å². The molecular formula is C20H21N5O. The molecule has 26 heavy (non-hydrogen) atoms. The third-order valence-electron chi connectivity index (χ3n) is 4.68. The zero-order chi connectivity index (χ0) is 17.8. The van der Waals surface area contributed by atoms with Gasteiger partial charge in [-0.3, -0.25) is 14.4 Å². The van der Waals surface area contributed by atoms with E-state index in [-0.39, 0.29) is 5.91 Å². The molecule has 0 radical (unpaired) electrons. The summed E-state index contributed by atoms with van der Waals surface area (Å²) in [4.78, 5) is 17.8. The lowest BCUT2D eigenvalue weighted by Crippen LogP contribution is -2.29. The fourth-order valence-electron chi connectivity index (χ4n) is 3.30. The van der Waals surface area contributed by atoms with Crippen LogP contribution in [0.5, 0.6) is 0 Å². The van der Waals surface area contributed by atoms with Gasteiger partial charge in [-0.1, -0.05) is 48.7 Å². The van der Waals surface area contributed by atoms with Crippen molar-refractivity contribution in [3.63, 3.8) is 0 Å². The van der Waals surface area contributed by atoms with E-state index in [0.717, 1.165) is 18.5 Å². The molecule has 2 aromatic heterocycles. The maximum absolute atomic E-state index is 12.9. The Morgan fingerprint density at radius 3 is 2.58 bits per heavy atom. The molecule has 0 saturated heterocycles. The predicted molar refractivity (Wildman–Crippen MR) is 98.0 cm³/mol. The van der Waals surface area contributed by atoms with Crippen LogP contribution < -0.4 is 5.49 Å². The minimum absolute atomic E-state index is 0.220. The van der Waals surface area contributed by atoms with Gasteiger partial charge in [0.2, 0.25) is 0 Å². The van der Waals surface area contributed by atoms with Crippen LogP contribution in [-0.2, 0) is 0 Å². The number of pyridine rings is 1. The molecule has 6 nitrogen and oxygen atoms in total. The largest absolute Gasteiger partial charge is 0.285 e. The molecule has 6 heteroatoms. The summed E-state index contributed by atoms with van der Waals surface area (Å²) >= 11 is 0. The van der Waals surface area contributed by atoms with Gasteiger partial charge in [-0.25, -0.2) is 4.68 Å². The topological polar surface area (TPSA) is 65.1 Å². The second-order valence-corrected chi connectivity index (χ2v) is 6.54. The minimum Gasteiger partial charge on any atom is -0.266 e. The summed E-state index contributed by atoms with van der Waals surface area (Å²) in [5.74, 6) is -0.220. The predicted octanol–water partition coefficient (Wildman–Crippen LogP) is 2.99. The molecule has 0 aliphatic heterocycles. The first-order valence-corrected chi connectivity index (χ1v) is 9.05. The molecule has 0 atom stereocenters. The number of carbonyl (C=O) groups excluding carboxylic acids is 1. The van der Waals surface area contributed by atoms with Gasteiger partial charge in [0.1, 0.15) is 5.49 Å². The lowest BCUT2D eigenvalue weighted by Gasteiger charge is -2.17. The van der Waals surface area contributed by atoms with Crippen molar-refractivity contribution in [3.05, 3.63) is 72.1 Å². The maximum Gasteiger partial charge on any atom is 0.285 e. The second kappa shape index (κ2) is 7.47. The molecule has 1 saturated carbocycles. The van der Waals surface area contributed by atoms with Gasteiger partial charge in [0, 0.05) is 6.20 Å². The molecule has 0 bridgehead atoms. The number of para-hydroxylation sites is 1. The Balaban J connectivity index is 1.65. The van der Waals surface area contributed by atoms with Gasteiger partial charge in [0.05, 0.1) is 17.9 Å². The van der Waals surface area contributed by atoms with Crippen molar-refractivity contribution in [1.29, 1.82) is 0 Å². The molecule has 0 amide bonds. The summed E-state index contributed by atoms with van der Waals surface area (Å²) in [7, 11) is 0. The van der Waals surface area contributed by atoms with E-state index < -0.39 is 0 Å². The van der Waals surface area contributed by atoms with E-state index in [1.807, 2.05) is 48.5 Å². The summed E-state index contributed by atoms with van der Waals surface area (Å²) in [6.07, 6.45) is 9.27. The van der Waals surface area contributed by atoms with Crippen LogP contribution in [-0.4, -0.2) is 31.5 Å². The Morgan fingerprint density at radius 1 is 1.00 bits per heavy atom. The summed E-state index contributed by atoms with van der Waals surface area (Å²) in [5.41, 5.74) is 1.84. The van der Waals surface area contributed by atoms with Crippen LogP contribution in [0.25, 0.3) is 5.69 Å². The van der Waals surface area contributed by atoms with Crippen molar-refractivity contribution in [2.24, 2.45) is 4.99 Å². The summed E-state index contributed by atoms with van der Waals surface area (Å²) in [6.45, 7) is 0. The van der Waals surface area contributed by atoms with Gasteiger partial charge in [-0.2, -0.15) is 0 Å². The average Bonchev–Trinajstić information content (AvgIpc) is 3.20. The number of benzene rings is 1. The first kappa shape index (κ1) is 16.4. The van der Waals surface area contributed by atoms with Crippen LogP contribution >= 0.6 is 0 Å². The van der Waals surface area contributed by atoms with Crippen LogP contribution in [0.1, 0.15) is 42.6 Å². The Kier molecular flexibility index (Phi) is 4.73. The van der Waals surface area contributed by atoms with E-state index in [1.54, 1.807) is 21.6 Å². The number of aromatic nitrogens is 4. The van der Waals surface area contributed by atoms with Crippen molar-refractivity contribution >= 4 is 5.91 Å². The molecule has 1 fully saturated rings. The van der Waals surface area contributed by atoms with Gasteiger partial charge >= 0.3 is 0 Å². The van der Waals surface area contributed by atoms with Gasteiger partial charge < -0.3 is 0 Å². The van der Waals surface area contributed by atoms with Crippen molar-refractivity contribution in [2.75, 3.05) is 0 Å². The monoisotopic (exact) mass is 347 g/mol. The smallest absolute Gasteiger partial charge is 0.266 e. The SMILES string of the molecule is O=C(c1cn(-c2ccccc2)nn1)n1ccccc1=NC1CCCCC1. The minimum atomic E-state index is -0.220. The van der Waals surface area contributed by atoms with Crippen LogP contribution in [0.2, 0.25) is 0 Å². The molecule has 4 rings (SSSR count). The van der Waals surface area contributed by atoms with Crippen molar-refractivity contribution in [2.45, 2.75) is 38.1 Å². The third kappa shape index (κ3) is 3.49. The molecule has 1 aliphatic carbocycles. The van der Waals surface area contributed by atoms with Gasteiger partial charge in [-0.15, -0.1) is 5.10 Å². The molecule has 3 aromatic rings. The van der Waals surface area contributed by atoms with Crippen LogP contribution in [0.3, 0.4) is 0 Å². The Hall–Kier alpha value is -3.02. The van der Waals surface area contributed by atoms with Crippen LogP contribution in [0.15, 0.2) is 65.9 Å². The van der Waals surface area contributed by atoms with Gasteiger partial charge in [-0.05, 0) is 37.1 Å². The lowest BCUT2D eigenvalue weighted by atomic mass is 9.96. The molecular weight excluding hydrogens is 326 g/mol. The first-order valence-electron chi connectivity index (χ1n) is 9.05. The third-order valence-corrected chi connectivity index (χ3v) is 4.68. The Morgan fingerprint density at radius 2 is 1.77 bits per heavy atom. The molecule has 1 aliphatic rings. The molecule has 132 valence electrons. The second-order valence-electron chi connectivity index (χ2n) is 6.54. The normalized spacial score (nSPS) is 15.9. The zero-order valence-corrected chi connectivity index (χ0v) is 14.5. The van der Waals surface area contributed by atoms with E-state index in [0.29, 0.717) is 17.2 Å². The standard InChI is InChI=1S/C20H21N5O/c26-20(18-15-25(23-22-18)17-11-5-2-6-12-17)24-14-8-7-13-19(24)21-16-9-3-1-4-10-16/h2,5-8,11-16H,1,3-4,9-10H2. The van der Waals surface area contributed by atoms with Crippen LogP contribution in [0.4, 0.5) is 0 Å². The summed E-state index contributed by atoms with van der Waals surface area (Å²) in [6, 6.07) is 15.5. The fourth-order valence-corrected chi connectivity index (χ4v) is 3.30. The summed E-state index contributed by atoms with van der Waals surface area (Å²) in [5, 5.41) is 8.14. The number of carbonyl (C=O) groups is 1. The number of hydrogen-bond donors (Lipinski definition) is 0. The zero-order valence-electron chi connectivity index (χ0n) is 14.5. The number of hydrogen-bond acceptors (Lipinski definition) is 4. The van der Waals surface area contributed by atoms with E-state index >= 15 is 0 Å². The maximum atomic E-state index is 12.9. The van der Waals surface area contributed by atoms with E-state index in [2.05, 4.69) is 10.3 Å². The van der Waals surface area contributed by atoms with Crippen LogP contribution in [0, 0.1) is 0 Å². The molecule has 0 N–H and O–H groups in total.